The van der Waals surface area contributed by atoms with Gasteiger partial charge in [-0.3, -0.25) is 0 Å². The molecule has 3 heterocycles. The molecule has 1 saturated heterocycles. The quantitative estimate of drug-likeness (QED) is 0.934. The highest BCUT2D eigenvalue weighted by atomic mass is 16.3. The van der Waals surface area contributed by atoms with E-state index in [2.05, 4.69) is 23.7 Å². The molecule has 20 heavy (non-hydrogen) atoms. The van der Waals surface area contributed by atoms with Gasteiger partial charge in [0.1, 0.15) is 0 Å². The third-order valence-corrected chi connectivity index (χ3v) is 4.29. The Morgan fingerprint density at radius 2 is 2.30 bits per heavy atom. The van der Waals surface area contributed by atoms with Crippen LogP contribution in [0, 0.1) is 5.92 Å². The molecule has 1 fully saturated rings. The Balaban J connectivity index is 1.74. The van der Waals surface area contributed by atoms with Crippen molar-refractivity contribution in [3.63, 3.8) is 0 Å². The third-order valence-electron chi connectivity index (χ3n) is 4.29. The second-order valence-electron chi connectivity index (χ2n) is 6.16. The Kier molecular flexibility index (Phi) is 3.66. The van der Waals surface area contributed by atoms with Gasteiger partial charge in [-0.15, -0.1) is 0 Å². The first kappa shape index (κ1) is 13.4. The van der Waals surface area contributed by atoms with Crippen molar-refractivity contribution in [3.8, 4) is 5.75 Å². The van der Waals surface area contributed by atoms with Gasteiger partial charge in [0.25, 0.3) is 0 Å². The highest BCUT2D eigenvalue weighted by Crippen LogP contribution is 2.23. The van der Waals surface area contributed by atoms with Crippen molar-refractivity contribution in [1.82, 2.24) is 14.3 Å². The van der Waals surface area contributed by atoms with E-state index in [0.29, 0.717) is 17.6 Å². The molecular formula is C16H23N3O. The molecule has 1 unspecified atom stereocenters. The summed E-state index contributed by atoms with van der Waals surface area (Å²) in [5.41, 5.74) is 1.75. The van der Waals surface area contributed by atoms with Crippen molar-refractivity contribution < 1.29 is 5.11 Å². The molecule has 1 atom stereocenters. The number of nitrogens with zero attached hydrogens (tertiary/aromatic N) is 3. The Morgan fingerprint density at radius 3 is 3.05 bits per heavy atom. The molecule has 1 aliphatic heterocycles. The van der Waals surface area contributed by atoms with Crippen LogP contribution < -0.4 is 0 Å². The van der Waals surface area contributed by atoms with Crippen LogP contribution in [-0.2, 0) is 6.42 Å². The highest BCUT2D eigenvalue weighted by molar-refractivity contribution is 5.53. The summed E-state index contributed by atoms with van der Waals surface area (Å²) in [6.07, 6.45) is 7.55. The van der Waals surface area contributed by atoms with Gasteiger partial charge in [-0.25, -0.2) is 4.98 Å². The predicted molar refractivity (Wildman–Crippen MR) is 80.0 cm³/mol. The van der Waals surface area contributed by atoms with Gasteiger partial charge in [0.05, 0.1) is 5.69 Å². The fourth-order valence-electron chi connectivity index (χ4n) is 3.18. The second-order valence-corrected chi connectivity index (χ2v) is 6.16. The first-order valence-corrected chi connectivity index (χ1v) is 7.53. The number of piperidine rings is 1. The monoisotopic (exact) mass is 273 g/mol. The molecule has 0 saturated carbocycles. The lowest BCUT2D eigenvalue weighted by atomic mass is 9.93. The summed E-state index contributed by atoms with van der Waals surface area (Å²) in [4.78, 5) is 7.13. The Hall–Kier alpha value is -1.55. The maximum Gasteiger partial charge on any atom is 0.179 e. The number of aromatic nitrogens is 2. The summed E-state index contributed by atoms with van der Waals surface area (Å²) in [6.45, 7) is 6.92. The molecule has 0 amide bonds. The van der Waals surface area contributed by atoms with E-state index in [4.69, 9.17) is 0 Å². The minimum Gasteiger partial charge on any atom is -0.504 e. The number of imidazole rings is 1. The van der Waals surface area contributed by atoms with E-state index in [-0.39, 0.29) is 5.75 Å². The summed E-state index contributed by atoms with van der Waals surface area (Å²) >= 11 is 0. The zero-order valence-electron chi connectivity index (χ0n) is 12.3. The molecule has 108 valence electrons. The largest absolute Gasteiger partial charge is 0.504 e. The summed E-state index contributed by atoms with van der Waals surface area (Å²) in [5, 5.41) is 9.81. The van der Waals surface area contributed by atoms with Gasteiger partial charge in [0.15, 0.2) is 11.4 Å². The number of rotatable bonds is 3. The van der Waals surface area contributed by atoms with E-state index in [1.54, 1.807) is 6.07 Å². The molecule has 0 aromatic carbocycles. The lowest BCUT2D eigenvalue weighted by molar-refractivity contribution is 0.139. The first-order valence-electron chi connectivity index (χ1n) is 7.53. The van der Waals surface area contributed by atoms with Crippen LogP contribution in [0.25, 0.3) is 5.65 Å². The molecule has 2 aromatic heterocycles. The SMILES string of the molecule is CC(C)N1CCCC(Cc2cn3cccc(O)c3n2)C1. The molecule has 4 nitrogen and oxygen atoms in total. The normalized spacial score (nSPS) is 20.9. The number of pyridine rings is 1. The maximum atomic E-state index is 9.81. The van der Waals surface area contributed by atoms with E-state index >= 15 is 0 Å². The Morgan fingerprint density at radius 1 is 1.45 bits per heavy atom. The van der Waals surface area contributed by atoms with Crippen molar-refractivity contribution in [2.45, 2.75) is 39.2 Å². The molecule has 2 aromatic rings. The molecule has 4 heteroatoms. The van der Waals surface area contributed by atoms with Crippen molar-refractivity contribution in [2.75, 3.05) is 13.1 Å². The van der Waals surface area contributed by atoms with Crippen LogP contribution >= 0.6 is 0 Å². The second kappa shape index (κ2) is 5.44. The Bertz CT molecular complexity index is 590. The van der Waals surface area contributed by atoms with Crippen molar-refractivity contribution in [1.29, 1.82) is 0 Å². The first-order chi connectivity index (χ1) is 9.63. The molecule has 3 rings (SSSR count). The lowest BCUT2D eigenvalue weighted by Crippen LogP contribution is -2.40. The molecule has 0 aliphatic carbocycles. The predicted octanol–water partition coefficient (Wildman–Crippen LogP) is 2.70. The van der Waals surface area contributed by atoms with E-state index in [1.807, 2.05) is 22.9 Å². The fraction of sp³-hybridized carbons (Fsp3) is 0.562. The maximum absolute atomic E-state index is 9.81. The van der Waals surface area contributed by atoms with E-state index in [1.165, 1.54) is 19.4 Å². The molecule has 1 aliphatic rings. The van der Waals surface area contributed by atoms with Crippen LogP contribution in [-0.4, -0.2) is 38.5 Å². The minimum atomic E-state index is 0.256. The Labute approximate surface area is 120 Å². The lowest BCUT2D eigenvalue weighted by Gasteiger charge is -2.35. The van der Waals surface area contributed by atoms with Crippen LogP contribution in [0.4, 0.5) is 0 Å². The molecular weight excluding hydrogens is 250 g/mol. The topological polar surface area (TPSA) is 40.8 Å². The van der Waals surface area contributed by atoms with E-state index in [0.717, 1.165) is 18.7 Å². The number of hydrogen-bond acceptors (Lipinski definition) is 3. The number of aromatic hydroxyl groups is 1. The van der Waals surface area contributed by atoms with Gasteiger partial charge in [-0.1, -0.05) is 0 Å². The standard InChI is InChI=1S/C16H23N3O/c1-12(2)18-7-3-5-13(10-18)9-14-11-19-8-4-6-15(20)16(19)17-14/h4,6,8,11-13,20H,3,5,7,9-10H2,1-2H3. The third kappa shape index (κ3) is 2.66. The average molecular weight is 273 g/mol. The van der Waals surface area contributed by atoms with Crippen LogP contribution in [0.15, 0.2) is 24.5 Å². The molecule has 0 bridgehead atoms. The van der Waals surface area contributed by atoms with Gasteiger partial charge in [0.2, 0.25) is 0 Å². The van der Waals surface area contributed by atoms with Gasteiger partial charge in [-0.2, -0.15) is 0 Å². The van der Waals surface area contributed by atoms with Gasteiger partial charge < -0.3 is 14.4 Å². The summed E-state index contributed by atoms with van der Waals surface area (Å²) < 4.78 is 1.91. The molecule has 1 N–H and O–H groups in total. The van der Waals surface area contributed by atoms with Crippen LogP contribution in [0.3, 0.4) is 0 Å². The zero-order valence-corrected chi connectivity index (χ0v) is 12.3. The highest BCUT2D eigenvalue weighted by Gasteiger charge is 2.22. The fourth-order valence-corrected chi connectivity index (χ4v) is 3.18. The number of fused-ring (bicyclic) bond motifs is 1. The van der Waals surface area contributed by atoms with Gasteiger partial charge in [0, 0.05) is 25.0 Å². The molecule has 0 spiro atoms. The van der Waals surface area contributed by atoms with Crippen LogP contribution in [0.2, 0.25) is 0 Å². The summed E-state index contributed by atoms with van der Waals surface area (Å²) in [5.74, 6) is 0.935. The minimum absolute atomic E-state index is 0.256. The van der Waals surface area contributed by atoms with Crippen LogP contribution in [0.1, 0.15) is 32.4 Å². The number of likely N-dealkylation sites (tertiary alicyclic amines) is 1. The smallest absolute Gasteiger partial charge is 0.179 e. The van der Waals surface area contributed by atoms with E-state index < -0.39 is 0 Å². The van der Waals surface area contributed by atoms with Crippen molar-refractivity contribution >= 4 is 5.65 Å². The van der Waals surface area contributed by atoms with Crippen molar-refractivity contribution in [2.24, 2.45) is 5.92 Å². The van der Waals surface area contributed by atoms with Crippen LogP contribution in [0.5, 0.6) is 5.75 Å². The average Bonchev–Trinajstić information content (AvgIpc) is 2.83. The van der Waals surface area contributed by atoms with Gasteiger partial charge in [-0.05, 0) is 57.7 Å². The van der Waals surface area contributed by atoms with E-state index in [9.17, 15) is 5.11 Å². The molecule has 0 radical (unpaired) electrons. The summed E-state index contributed by atoms with van der Waals surface area (Å²) in [6, 6.07) is 4.16. The van der Waals surface area contributed by atoms with Gasteiger partial charge >= 0.3 is 0 Å². The number of hydrogen-bond donors (Lipinski definition) is 1. The zero-order chi connectivity index (χ0) is 14.1. The summed E-state index contributed by atoms with van der Waals surface area (Å²) in [7, 11) is 0. The van der Waals surface area contributed by atoms with Crippen molar-refractivity contribution in [3.05, 3.63) is 30.2 Å².